The third-order valence-electron chi connectivity index (χ3n) is 16.9. The molecule has 3 saturated carbocycles. The molecule has 0 bridgehead atoms. The predicted octanol–water partition coefficient (Wildman–Crippen LogP) is 15.0. The van der Waals surface area contributed by atoms with Gasteiger partial charge in [0, 0.05) is 32.8 Å². The van der Waals surface area contributed by atoms with Crippen molar-refractivity contribution in [1.82, 2.24) is 4.90 Å². The normalized spacial score (nSPS) is 31.1. The van der Waals surface area contributed by atoms with E-state index < -0.39 is 0 Å². The second kappa shape index (κ2) is 26.6. The highest BCUT2D eigenvalue weighted by molar-refractivity contribution is 5.25. The molecule has 0 radical (unpaired) electrons. The third-order valence-corrected chi connectivity index (χ3v) is 16.9. The van der Waals surface area contributed by atoms with E-state index in [1.165, 1.54) is 154 Å². The molecule has 1 unspecified atom stereocenters. The smallest absolute Gasteiger partial charge is 0.0934 e. The van der Waals surface area contributed by atoms with Crippen LogP contribution >= 0.6 is 0 Å². The molecule has 340 valence electrons. The van der Waals surface area contributed by atoms with Gasteiger partial charge in [-0.1, -0.05) is 135 Å². The number of fused-ring (bicyclic) bond motifs is 5. The lowest BCUT2D eigenvalue weighted by Crippen LogP contribution is -2.50. The van der Waals surface area contributed by atoms with Crippen LogP contribution in [0.1, 0.15) is 202 Å². The molecule has 0 amide bonds. The Morgan fingerprint density at radius 2 is 1.53 bits per heavy atom. The number of ether oxygens (including phenoxy) is 3. The van der Waals surface area contributed by atoms with Crippen LogP contribution < -0.4 is 0 Å². The molecule has 4 nitrogen and oxygen atoms in total. The summed E-state index contributed by atoms with van der Waals surface area (Å²) in [6, 6.07) is 0. The maximum absolute atomic E-state index is 6.64. The molecule has 4 fully saturated rings. The highest BCUT2D eigenvalue weighted by atomic mass is 16.5. The second-order valence-electron chi connectivity index (χ2n) is 21.6. The Bertz CT molecular complexity index is 1220. The van der Waals surface area contributed by atoms with E-state index >= 15 is 0 Å². The molecule has 1 aliphatic heterocycles. The molecule has 4 aliphatic carbocycles. The minimum Gasteiger partial charge on any atom is -0.379 e. The summed E-state index contributed by atoms with van der Waals surface area (Å²) < 4.78 is 18.6. The van der Waals surface area contributed by atoms with E-state index in [0.717, 1.165) is 101 Å². The first-order valence-electron chi connectivity index (χ1n) is 26.2. The van der Waals surface area contributed by atoms with Crippen molar-refractivity contribution in [3.8, 4) is 0 Å². The number of morpholine rings is 1. The summed E-state index contributed by atoms with van der Waals surface area (Å²) in [5, 5.41) is 0. The van der Waals surface area contributed by atoms with Gasteiger partial charge in [-0.15, -0.1) is 0 Å². The van der Waals surface area contributed by atoms with Gasteiger partial charge in [0.15, 0.2) is 0 Å². The van der Waals surface area contributed by atoms with Crippen molar-refractivity contribution in [3.05, 3.63) is 36.0 Å². The summed E-state index contributed by atoms with van der Waals surface area (Å²) in [6.07, 6.45) is 46.1. The van der Waals surface area contributed by atoms with Crippen molar-refractivity contribution >= 4 is 0 Å². The maximum Gasteiger partial charge on any atom is 0.0934 e. The number of hydrogen-bond acceptors (Lipinski definition) is 4. The lowest BCUT2D eigenvalue weighted by molar-refractivity contribution is -0.0553. The molecule has 5 rings (SSSR count). The van der Waals surface area contributed by atoms with E-state index in [1.54, 1.807) is 0 Å². The van der Waals surface area contributed by atoms with Crippen LogP contribution in [0, 0.1) is 52.3 Å². The van der Waals surface area contributed by atoms with E-state index in [2.05, 4.69) is 76.8 Å². The summed E-state index contributed by atoms with van der Waals surface area (Å²) >= 11 is 0. The van der Waals surface area contributed by atoms with E-state index in [0.29, 0.717) is 10.8 Å². The van der Waals surface area contributed by atoms with Crippen molar-refractivity contribution in [2.24, 2.45) is 52.3 Å². The maximum atomic E-state index is 6.64. The average Bonchev–Trinajstić information content (AvgIpc) is 3.59. The van der Waals surface area contributed by atoms with Gasteiger partial charge in [-0.25, -0.2) is 0 Å². The van der Waals surface area contributed by atoms with E-state index in [1.807, 2.05) is 5.57 Å². The summed E-state index contributed by atoms with van der Waals surface area (Å²) in [6.45, 7) is 22.3. The van der Waals surface area contributed by atoms with Crippen molar-refractivity contribution in [2.75, 3.05) is 52.7 Å². The molecule has 4 heteroatoms. The predicted molar refractivity (Wildman–Crippen MR) is 253 cm³/mol. The quantitative estimate of drug-likeness (QED) is 0.0556. The van der Waals surface area contributed by atoms with Gasteiger partial charge in [0.05, 0.1) is 25.9 Å². The van der Waals surface area contributed by atoms with Gasteiger partial charge in [-0.2, -0.15) is 0 Å². The van der Waals surface area contributed by atoms with Gasteiger partial charge in [0.25, 0.3) is 0 Å². The summed E-state index contributed by atoms with van der Waals surface area (Å²) in [5.74, 6) is 6.37. The molecular weight excluding hydrogens is 723 g/mol. The number of allylic oxidation sites excluding steroid dienone is 6. The van der Waals surface area contributed by atoms with E-state index in [-0.39, 0.29) is 6.10 Å². The highest BCUT2D eigenvalue weighted by Gasteiger charge is 2.59. The Morgan fingerprint density at radius 3 is 2.29 bits per heavy atom. The van der Waals surface area contributed by atoms with Crippen LogP contribution in [0.4, 0.5) is 0 Å². The van der Waals surface area contributed by atoms with Crippen LogP contribution in [-0.2, 0) is 14.2 Å². The molecule has 1 saturated heterocycles. The summed E-state index contributed by atoms with van der Waals surface area (Å²) in [5.41, 5.74) is 2.91. The number of nitrogens with zero attached hydrogens (tertiary/aromatic N) is 1. The zero-order valence-electron chi connectivity index (χ0n) is 40.0. The molecule has 0 spiro atoms. The van der Waals surface area contributed by atoms with Crippen LogP contribution in [0.25, 0.3) is 0 Å². The Labute approximate surface area is 366 Å². The van der Waals surface area contributed by atoms with Gasteiger partial charge in [0.1, 0.15) is 0 Å². The Morgan fingerprint density at radius 1 is 0.780 bits per heavy atom. The Hall–Kier alpha value is -0.940. The fourth-order valence-electron chi connectivity index (χ4n) is 13.3. The molecule has 0 aromatic rings. The minimum atomic E-state index is 0.167. The van der Waals surface area contributed by atoms with E-state index in [9.17, 15) is 0 Å². The van der Waals surface area contributed by atoms with E-state index in [4.69, 9.17) is 14.2 Å². The zero-order chi connectivity index (χ0) is 41.8. The standard InChI is InChI=1S/C55H97NO3/c1-7-8-9-10-11-12-13-14-15-16-17-18-19-20-21-22-38-58-44-49(43-56-36-40-57-41-37-56)59-39-24-27-47-32-34-54(5)48(42-47)28-29-50-52-31-30-51(46(4)26-23-25-45(2)3)55(52,6)35-33-53(50)54/h11-12,14-15,28,45-47,49-53H,7-10,13,16-27,29-44H2,1-6H3/b12-11-,15-14-/t46-,47+,49?,50+,51-,52+,53+,54+,55-/m1/s1. The van der Waals surface area contributed by atoms with Crippen molar-refractivity contribution in [3.63, 3.8) is 0 Å². The Kier molecular flexibility index (Phi) is 22.2. The number of rotatable bonds is 29. The van der Waals surface area contributed by atoms with Crippen LogP contribution in [-0.4, -0.2) is 63.7 Å². The van der Waals surface area contributed by atoms with Gasteiger partial charge < -0.3 is 14.2 Å². The third kappa shape index (κ3) is 15.4. The first-order valence-corrected chi connectivity index (χ1v) is 26.2. The second-order valence-corrected chi connectivity index (χ2v) is 21.6. The molecule has 0 aromatic heterocycles. The Balaban J connectivity index is 0.960. The number of hydrogen-bond donors (Lipinski definition) is 0. The monoisotopic (exact) mass is 820 g/mol. The first-order chi connectivity index (χ1) is 28.7. The van der Waals surface area contributed by atoms with Gasteiger partial charge >= 0.3 is 0 Å². The topological polar surface area (TPSA) is 30.9 Å². The molecule has 59 heavy (non-hydrogen) atoms. The summed E-state index contributed by atoms with van der Waals surface area (Å²) in [7, 11) is 0. The van der Waals surface area contributed by atoms with Gasteiger partial charge in [0.2, 0.25) is 0 Å². The average molecular weight is 820 g/mol. The zero-order valence-corrected chi connectivity index (χ0v) is 40.0. The molecule has 0 N–H and O–H groups in total. The van der Waals surface area contributed by atoms with Crippen LogP contribution in [0.3, 0.4) is 0 Å². The molecule has 9 atom stereocenters. The SMILES string of the molecule is CCCCC/C=C\C/C=C\CCCCCCCCOCC(CN1CCOCC1)OCCC[C@H]1CC[C@@]2(C)C(=CC[C@H]3[C@@H]4CC[C@H]([C@H](C)CCCC(C)C)[C@@]4(C)CC[C@@H]32)C1. The van der Waals surface area contributed by atoms with Crippen LogP contribution in [0.2, 0.25) is 0 Å². The highest BCUT2D eigenvalue weighted by Crippen LogP contribution is 2.67. The largest absolute Gasteiger partial charge is 0.379 e. The van der Waals surface area contributed by atoms with Gasteiger partial charge in [-0.3, -0.25) is 4.90 Å². The van der Waals surface area contributed by atoms with Crippen molar-refractivity contribution in [2.45, 2.75) is 208 Å². The lowest BCUT2D eigenvalue weighted by atomic mass is 9.46. The number of unbranched alkanes of at least 4 members (excludes halogenated alkanes) is 9. The van der Waals surface area contributed by atoms with Crippen molar-refractivity contribution in [1.29, 1.82) is 0 Å². The van der Waals surface area contributed by atoms with Crippen LogP contribution in [0.5, 0.6) is 0 Å². The molecular formula is C55H97NO3. The summed E-state index contributed by atoms with van der Waals surface area (Å²) in [4.78, 5) is 2.52. The molecule has 5 aliphatic rings. The van der Waals surface area contributed by atoms with Crippen molar-refractivity contribution < 1.29 is 14.2 Å². The lowest BCUT2D eigenvalue weighted by Gasteiger charge is -2.58. The molecule has 0 aromatic carbocycles. The minimum absolute atomic E-state index is 0.167. The fourth-order valence-corrected chi connectivity index (χ4v) is 13.3. The van der Waals surface area contributed by atoms with Gasteiger partial charge in [-0.05, 0) is 155 Å². The first kappa shape index (κ1) is 49.1. The fraction of sp³-hybridized carbons (Fsp3) is 0.891. The molecule has 1 heterocycles. The van der Waals surface area contributed by atoms with Crippen LogP contribution in [0.15, 0.2) is 36.0 Å².